The van der Waals surface area contributed by atoms with Crippen LogP contribution in [0.3, 0.4) is 0 Å². The Balaban J connectivity index is 2.18. The number of methoxy groups -OCH3 is 2. The second-order valence-corrected chi connectivity index (χ2v) is 6.76. The lowest BCUT2D eigenvalue weighted by atomic mass is 9.99. The van der Waals surface area contributed by atoms with Gasteiger partial charge in [-0.1, -0.05) is 25.1 Å². The predicted molar refractivity (Wildman–Crippen MR) is 91.1 cm³/mol. The number of hydrogen-bond acceptors (Lipinski definition) is 7. The van der Waals surface area contributed by atoms with Crippen molar-refractivity contribution in [3.8, 4) is 0 Å². The highest BCUT2D eigenvalue weighted by Gasteiger charge is 2.47. The van der Waals surface area contributed by atoms with Gasteiger partial charge in [-0.15, -0.1) is 11.8 Å². The quantitative estimate of drug-likeness (QED) is 0.746. The zero-order valence-corrected chi connectivity index (χ0v) is 14.9. The molecule has 1 aromatic rings. The molecule has 1 saturated heterocycles. The van der Waals surface area contributed by atoms with E-state index in [-0.39, 0.29) is 6.61 Å². The molecule has 1 fully saturated rings. The molecule has 0 unspecified atom stereocenters. The van der Waals surface area contributed by atoms with Crippen molar-refractivity contribution < 1.29 is 28.8 Å². The lowest BCUT2D eigenvalue weighted by molar-refractivity contribution is -0.215. The second kappa shape index (κ2) is 9.39. The predicted octanol–water partition coefficient (Wildman–Crippen LogP) is 1.71. The fourth-order valence-corrected chi connectivity index (χ4v) is 3.60. The van der Waals surface area contributed by atoms with Gasteiger partial charge in [0.2, 0.25) is 0 Å². The first-order valence-corrected chi connectivity index (χ1v) is 8.90. The van der Waals surface area contributed by atoms with Crippen LogP contribution in [0.2, 0.25) is 0 Å². The van der Waals surface area contributed by atoms with E-state index in [0.29, 0.717) is 5.56 Å². The summed E-state index contributed by atoms with van der Waals surface area (Å²) in [5, 5.41) is 10.5. The highest BCUT2D eigenvalue weighted by Crippen LogP contribution is 2.32. The van der Waals surface area contributed by atoms with Crippen molar-refractivity contribution in [2.24, 2.45) is 0 Å². The number of hydrogen-bond donors (Lipinski definition) is 1. The summed E-state index contributed by atoms with van der Waals surface area (Å²) in [6.45, 7) is 2.23. The Bertz CT molecular complexity index is 511. The molecule has 134 valence electrons. The first-order chi connectivity index (χ1) is 11.6. The van der Waals surface area contributed by atoms with Gasteiger partial charge in [-0.25, -0.2) is 4.79 Å². The normalized spacial score (nSPS) is 30.1. The molecule has 1 aliphatic heterocycles. The van der Waals surface area contributed by atoms with E-state index in [2.05, 4.69) is 0 Å². The molecule has 1 aliphatic rings. The molecule has 0 amide bonds. The van der Waals surface area contributed by atoms with Crippen molar-refractivity contribution in [3.63, 3.8) is 0 Å². The lowest BCUT2D eigenvalue weighted by Gasteiger charge is -2.43. The van der Waals surface area contributed by atoms with Gasteiger partial charge in [-0.3, -0.25) is 0 Å². The van der Waals surface area contributed by atoms with E-state index in [1.165, 1.54) is 18.9 Å². The molecule has 1 aromatic carbocycles. The van der Waals surface area contributed by atoms with Crippen LogP contribution in [0.15, 0.2) is 30.3 Å². The van der Waals surface area contributed by atoms with E-state index >= 15 is 0 Å². The van der Waals surface area contributed by atoms with Gasteiger partial charge in [0.25, 0.3) is 0 Å². The summed E-state index contributed by atoms with van der Waals surface area (Å²) in [5.74, 6) is 0.307. The van der Waals surface area contributed by atoms with Gasteiger partial charge >= 0.3 is 5.97 Å². The molecule has 1 N–H and O–H groups in total. The van der Waals surface area contributed by atoms with E-state index in [1.54, 1.807) is 31.4 Å². The summed E-state index contributed by atoms with van der Waals surface area (Å²) in [5.41, 5.74) is 0.0114. The standard InChI is InChI=1S/C17H24O6S/c1-4-24-17-15(23-16(19)11-8-6-5-7-9-11)14(21-3)13(18)12(22-17)10-20-2/h5-9,12-15,17-18H,4,10H2,1-3H3/t12-,13-,14+,15-,17+/m1/s1. The monoisotopic (exact) mass is 356 g/mol. The number of aliphatic hydroxyl groups is 1. The van der Waals surface area contributed by atoms with Crippen LogP contribution in [0.4, 0.5) is 0 Å². The van der Waals surface area contributed by atoms with Crippen LogP contribution in [0.1, 0.15) is 17.3 Å². The molecule has 1 heterocycles. The Labute approximate surface area is 146 Å². The average molecular weight is 356 g/mol. The molecular weight excluding hydrogens is 332 g/mol. The Morgan fingerprint density at radius 3 is 2.54 bits per heavy atom. The van der Waals surface area contributed by atoms with Crippen molar-refractivity contribution >= 4 is 17.7 Å². The SMILES string of the molecule is CCS[C@@H]1O[C@H](COC)[C@@H](O)[C@H](OC)[C@H]1OC(=O)c1ccccc1. The third-order valence-corrected chi connectivity index (χ3v) is 4.85. The Morgan fingerprint density at radius 1 is 1.25 bits per heavy atom. The van der Waals surface area contributed by atoms with Crippen LogP contribution in [0.5, 0.6) is 0 Å². The van der Waals surface area contributed by atoms with Crippen molar-refractivity contribution in [2.75, 3.05) is 26.6 Å². The number of rotatable bonds is 7. The second-order valence-electron chi connectivity index (χ2n) is 5.38. The zero-order valence-electron chi connectivity index (χ0n) is 14.1. The zero-order chi connectivity index (χ0) is 17.5. The third kappa shape index (κ3) is 4.49. The average Bonchev–Trinajstić information content (AvgIpc) is 2.60. The van der Waals surface area contributed by atoms with Crippen molar-refractivity contribution in [1.29, 1.82) is 0 Å². The molecule has 0 spiro atoms. The number of esters is 1. The Morgan fingerprint density at radius 2 is 1.96 bits per heavy atom. The maximum atomic E-state index is 12.4. The summed E-state index contributed by atoms with van der Waals surface area (Å²) >= 11 is 1.50. The molecule has 0 aliphatic carbocycles. The van der Waals surface area contributed by atoms with Crippen LogP contribution < -0.4 is 0 Å². The summed E-state index contributed by atoms with van der Waals surface area (Å²) in [6, 6.07) is 8.72. The van der Waals surface area contributed by atoms with Gasteiger partial charge < -0.3 is 24.1 Å². The number of benzene rings is 1. The first kappa shape index (κ1) is 19.2. The lowest BCUT2D eigenvalue weighted by Crippen LogP contribution is -2.59. The highest BCUT2D eigenvalue weighted by molar-refractivity contribution is 7.99. The summed E-state index contributed by atoms with van der Waals surface area (Å²) in [7, 11) is 3.03. The van der Waals surface area contributed by atoms with Crippen LogP contribution in [-0.4, -0.2) is 67.5 Å². The number of thioether (sulfide) groups is 1. The molecule has 7 heteroatoms. The van der Waals surface area contributed by atoms with E-state index < -0.39 is 35.8 Å². The van der Waals surface area contributed by atoms with E-state index in [0.717, 1.165) is 5.75 Å². The topological polar surface area (TPSA) is 74.2 Å². The van der Waals surface area contributed by atoms with Crippen LogP contribution in [0, 0.1) is 0 Å². The van der Waals surface area contributed by atoms with Crippen molar-refractivity contribution in [3.05, 3.63) is 35.9 Å². The summed E-state index contributed by atoms with van der Waals surface area (Å²) in [4.78, 5) is 12.4. The number of ether oxygens (including phenoxy) is 4. The molecular formula is C17H24O6S. The molecule has 6 nitrogen and oxygen atoms in total. The molecule has 0 aromatic heterocycles. The molecule has 0 radical (unpaired) electrons. The molecule has 5 atom stereocenters. The van der Waals surface area contributed by atoms with Crippen LogP contribution in [-0.2, 0) is 18.9 Å². The summed E-state index contributed by atoms with van der Waals surface area (Å²) < 4.78 is 22.1. The van der Waals surface area contributed by atoms with Crippen molar-refractivity contribution in [1.82, 2.24) is 0 Å². The molecule has 24 heavy (non-hydrogen) atoms. The minimum absolute atomic E-state index is 0.237. The molecule has 2 rings (SSSR count). The van der Waals surface area contributed by atoms with Gasteiger partial charge in [0.1, 0.15) is 23.7 Å². The highest BCUT2D eigenvalue weighted by atomic mass is 32.2. The smallest absolute Gasteiger partial charge is 0.338 e. The van der Waals surface area contributed by atoms with Gasteiger partial charge in [0, 0.05) is 14.2 Å². The Hall–Kier alpha value is -1.12. The number of carbonyl (C=O) groups is 1. The number of carbonyl (C=O) groups excluding carboxylic acids is 1. The fourth-order valence-electron chi connectivity index (χ4n) is 2.65. The minimum Gasteiger partial charge on any atom is -0.452 e. The van der Waals surface area contributed by atoms with Gasteiger partial charge in [-0.05, 0) is 17.9 Å². The van der Waals surface area contributed by atoms with Crippen LogP contribution in [0.25, 0.3) is 0 Å². The Kier molecular flexibility index (Phi) is 7.51. The van der Waals surface area contributed by atoms with E-state index in [4.69, 9.17) is 18.9 Å². The number of aliphatic hydroxyl groups excluding tert-OH is 1. The summed E-state index contributed by atoms with van der Waals surface area (Å²) in [6.07, 6.45) is -2.88. The maximum Gasteiger partial charge on any atom is 0.338 e. The van der Waals surface area contributed by atoms with Gasteiger partial charge in [0.15, 0.2) is 6.10 Å². The van der Waals surface area contributed by atoms with Gasteiger partial charge in [0.05, 0.1) is 12.2 Å². The first-order valence-electron chi connectivity index (χ1n) is 7.85. The molecule has 0 saturated carbocycles. The van der Waals surface area contributed by atoms with Crippen molar-refractivity contribution in [2.45, 2.75) is 36.8 Å². The fraction of sp³-hybridized carbons (Fsp3) is 0.588. The minimum atomic E-state index is -0.947. The molecule has 0 bridgehead atoms. The van der Waals surface area contributed by atoms with E-state index in [1.807, 2.05) is 13.0 Å². The largest absolute Gasteiger partial charge is 0.452 e. The van der Waals surface area contributed by atoms with Gasteiger partial charge in [-0.2, -0.15) is 0 Å². The maximum absolute atomic E-state index is 12.4. The third-order valence-electron chi connectivity index (χ3n) is 3.81. The van der Waals surface area contributed by atoms with Crippen LogP contribution >= 0.6 is 11.8 Å². The van der Waals surface area contributed by atoms with E-state index in [9.17, 15) is 9.90 Å².